The number of amides is 1. The monoisotopic (exact) mass is 214 g/mol. The van der Waals surface area contributed by atoms with Crippen LogP contribution in [0.1, 0.15) is 19.8 Å². The van der Waals surface area contributed by atoms with Crippen molar-refractivity contribution < 1.29 is 4.79 Å². The first-order valence-electron chi connectivity index (χ1n) is 5.41. The van der Waals surface area contributed by atoms with E-state index in [0.717, 1.165) is 30.6 Å². The standard InChI is InChI=1S/C10H18N2OS/c1-2-8-3-4-12(5-8)10(13)9-6-14-7-11-9/h8-9,11H,2-7H2,1H3. The summed E-state index contributed by atoms with van der Waals surface area (Å²) in [7, 11) is 0. The molecule has 3 nitrogen and oxygen atoms in total. The number of nitrogens with one attached hydrogen (secondary N) is 1. The zero-order chi connectivity index (χ0) is 9.97. The minimum atomic E-state index is 0.0932. The van der Waals surface area contributed by atoms with Gasteiger partial charge in [0.25, 0.3) is 0 Å². The quantitative estimate of drug-likeness (QED) is 0.741. The van der Waals surface area contributed by atoms with Crippen LogP contribution in [-0.4, -0.2) is 41.6 Å². The summed E-state index contributed by atoms with van der Waals surface area (Å²) in [5.41, 5.74) is 0. The minimum absolute atomic E-state index is 0.0932. The van der Waals surface area contributed by atoms with Gasteiger partial charge in [0.2, 0.25) is 5.91 Å². The Morgan fingerprint density at radius 3 is 3.07 bits per heavy atom. The van der Waals surface area contributed by atoms with Gasteiger partial charge in [-0.15, -0.1) is 11.8 Å². The molecule has 2 fully saturated rings. The molecule has 2 rings (SSSR count). The summed E-state index contributed by atoms with van der Waals surface area (Å²) in [5.74, 6) is 2.95. The zero-order valence-electron chi connectivity index (χ0n) is 8.66. The van der Waals surface area contributed by atoms with E-state index in [0.29, 0.717) is 5.91 Å². The maximum atomic E-state index is 12.0. The first-order valence-corrected chi connectivity index (χ1v) is 6.56. The average molecular weight is 214 g/mol. The second-order valence-corrected chi connectivity index (χ2v) is 5.15. The second-order valence-electron chi connectivity index (χ2n) is 4.12. The maximum Gasteiger partial charge on any atom is 0.240 e. The molecule has 0 aromatic carbocycles. The van der Waals surface area contributed by atoms with Crippen molar-refractivity contribution in [3.63, 3.8) is 0 Å². The molecule has 2 aliphatic heterocycles. The number of thioether (sulfide) groups is 1. The summed E-state index contributed by atoms with van der Waals surface area (Å²) in [4.78, 5) is 14.0. The smallest absolute Gasteiger partial charge is 0.240 e. The molecule has 0 bridgehead atoms. The van der Waals surface area contributed by atoms with Crippen LogP contribution in [0.4, 0.5) is 0 Å². The fourth-order valence-electron chi connectivity index (χ4n) is 2.14. The highest BCUT2D eigenvalue weighted by molar-refractivity contribution is 7.99. The summed E-state index contributed by atoms with van der Waals surface area (Å²) in [6, 6.07) is 0.0932. The third-order valence-corrected chi connectivity index (χ3v) is 4.13. The van der Waals surface area contributed by atoms with Crippen molar-refractivity contribution in [2.75, 3.05) is 24.7 Å². The molecular weight excluding hydrogens is 196 g/mol. The lowest BCUT2D eigenvalue weighted by Gasteiger charge is -2.20. The number of carbonyl (C=O) groups is 1. The van der Waals surface area contributed by atoms with Crippen LogP contribution in [0.15, 0.2) is 0 Å². The van der Waals surface area contributed by atoms with Gasteiger partial charge in [-0.2, -0.15) is 0 Å². The zero-order valence-corrected chi connectivity index (χ0v) is 9.48. The van der Waals surface area contributed by atoms with Crippen molar-refractivity contribution in [1.82, 2.24) is 10.2 Å². The van der Waals surface area contributed by atoms with Gasteiger partial charge in [-0.05, 0) is 12.3 Å². The van der Waals surface area contributed by atoms with E-state index in [1.807, 2.05) is 16.7 Å². The molecule has 0 radical (unpaired) electrons. The molecule has 0 aliphatic carbocycles. The molecule has 0 spiro atoms. The predicted octanol–water partition coefficient (Wildman–Crippen LogP) is 0.907. The molecule has 2 unspecified atom stereocenters. The Hall–Kier alpha value is -0.220. The highest BCUT2D eigenvalue weighted by Crippen LogP contribution is 2.21. The van der Waals surface area contributed by atoms with E-state index in [9.17, 15) is 4.79 Å². The van der Waals surface area contributed by atoms with Gasteiger partial charge < -0.3 is 4.90 Å². The van der Waals surface area contributed by atoms with Crippen molar-refractivity contribution in [2.45, 2.75) is 25.8 Å². The van der Waals surface area contributed by atoms with E-state index in [-0.39, 0.29) is 6.04 Å². The van der Waals surface area contributed by atoms with E-state index in [1.54, 1.807) is 0 Å². The van der Waals surface area contributed by atoms with Crippen molar-refractivity contribution in [3.05, 3.63) is 0 Å². The second kappa shape index (κ2) is 4.53. The number of carbonyl (C=O) groups excluding carboxylic acids is 1. The van der Waals surface area contributed by atoms with Gasteiger partial charge in [-0.1, -0.05) is 13.3 Å². The first-order chi connectivity index (χ1) is 6.81. The lowest BCUT2D eigenvalue weighted by Crippen LogP contribution is -2.43. The average Bonchev–Trinajstić information content (AvgIpc) is 2.88. The van der Waals surface area contributed by atoms with Crippen LogP contribution in [0.3, 0.4) is 0 Å². The molecule has 80 valence electrons. The van der Waals surface area contributed by atoms with Crippen molar-refractivity contribution in [3.8, 4) is 0 Å². The van der Waals surface area contributed by atoms with Crippen molar-refractivity contribution in [1.29, 1.82) is 0 Å². The third-order valence-electron chi connectivity index (χ3n) is 3.19. The molecule has 1 amide bonds. The highest BCUT2D eigenvalue weighted by atomic mass is 32.2. The van der Waals surface area contributed by atoms with E-state index in [4.69, 9.17) is 0 Å². The van der Waals surface area contributed by atoms with Crippen LogP contribution in [-0.2, 0) is 4.79 Å². The molecule has 2 atom stereocenters. The molecule has 14 heavy (non-hydrogen) atoms. The first kappa shape index (κ1) is 10.3. The Kier molecular flexibility index (Phi) is 3.34. The van der Waals surface area contributed by atoms with E-state index < -0.39 is 0 Å². The van der Waals surface area contributed by atoms with Gasteiger partial charge in [-0.3, -0.25) is 10.1 Å². The molecule has 1 N–H and O–H groups in total. The number of likely N-dealkylation sites (tertiary alicyclic amines) is 1. The largest absolute Gasteiger partial charge is 0.341 e. The molecular formula is C10H18N2OS. The molecule has 2 heterocycles. The number of rotatable bonds is 2. The van der Waals surface area contributed by atoms with Crippen molar-refractivity contribution in [2.24, 2.45) is 5.92 Å². The van der Waals surface area contributed by atoms with Crippen LogP contribution in [0, 0.1) is 5.92 Å². The lowest BCUT2D eigenvalue weighted by atomic mass is 10.1. The fraction of sp³-hybridized carbons (Fsp3) is 0.900. The highest BCUT2D eigenvalue weighted by Gasteiger charge is 2.31. The molecule has 2 aliphatic rings. The lowest BCUT2D eigenvalue weighted by molar-refractivity contribution is -0.131. The van der Waals surface area contributed by atoms with Gasteiger partial charge >= 0.3 is 0 Å². The third kappa shape index (κ3) is 2.06. The number of nitrogens with zero attached hydrogens (tertiary/aromatic N) is 1. The topological polar surface area (TPSA) is 32.3 Å². The van der Waals surface area contributed by atoms with Gasteiger partial charge in [0, 0.05) is 24.7 Å². The molecule has 0 aromatic heterocycles. The normalized spacial score (nSPS) is 32.5. The summed E-state index contributed by atoms with van der Waals surface area (Å²) in [6.07, 6.45) is 2.40. The van der Waals surface area contributed by atoms with Crippen molar-refractivity contribution >= 4 is 17.7 Å². The van der Waals surface area contributed by atoms with E-state index in [2.05, 4.69) is 12.2 Å². The summed E-state index contributed by atoms with van der Waals surface area (Å²) in [5, 5.41) is 3.24. The summed E-state index contributed by atoms with van der Waals surface area (Å²) < 4.78 is 0. The Bertz CT molecular complexity index is 216. The number of hydrogen-bond acceptors (Lipinski definition) is 3. The van der Waals surface area contributed by atoms with Gasteiger partial charge in [0.05, 0.1) is 6.04 Å². The predicted molar refractivity (Wildman–Crippen MR) is 59.2 cm³/mol. The van der Waals surface area contributed by atoms with Crippen LogP contribution < -0.4 is 5.32 Å². The SMILES string of the molecule is CCC1CCN(C(=O)C2CSCN2)C1. The van der Waals surface area contributed by atoms with Gasteiger partial charge in [0.1, 0.15) is 0 Å². The Labute approximate surface area is 89.6 Å². The van der Waals surface area contributed by atoms with E-state index in [1.165, 1.54) is 12.8 Å². The minimum Gasteiger partial charge on any atom is -0.341 e. The Morgan fingerprint density at radius 1 is 1.64 bits per heavy atom. The maximum absolute atomic E-state index is 12.0. The molecule has 0 saturated carbocycles. The van der Waals surface area contributed by atoms with Gasteiger partial charge in [-0.25, -0.2) is 0 Å². The Morgan fingerprint density at radius 2 is 2.50 bits per heavy atom. The molecule has 0 aromatic rings. The van der Waals surface area contributed by atoms with E-state index >= 15 is 0 Å². The van der Waals surface area contributed by atoms with Crippen LogP contribution in [0.2, 0.25) is 0 Å². The fourth-order valence-corrected chi connectivity index (χ4v) is 3.07. The Balaban J connectivity index is 1.86. The molecule has 2 saturated heterocycles. The number of hydrogen-bond donors (Lipinski definition) is 1. The summed E-state index contributed by atoms with van der Waals surface area (Å²) in [6.45, 7) is 4.17. The van der Waals surface area contributed by atoms with Gasteiger partial charge in [0.15, 0.2) is 0 Å². The summed E-state index contributed by atoms with van der Waals surface area (Å²) >= 11 is 1.82. The van der Waals surface area contributed by atoms with Crippen LogP contribution in [0.25, 0.3) is 0 Å². The van der Waals surface area contributed by atoms with Crippen LogP contribution in [0.5, 0.6) is 0 Å². The molecule has 4 heteroatoms. The van der Waals surface area contributed by atoms with Crippen LogP contribution >= 0.6 is 11.8 Å².